The minimum Gasteiger partial charge on any atom is -0.348 e. The number of amides is 1. The number of pyridine rings is 1. The molecule has 0 radical (unpaired) electrons. The van der Waals surface area contributed by atoms with Crippen molar-refractivity contribution in [3.8, 4) is 11.1 Å². The summed E-state index contributed by atoms with van der Waals surface area (Å²) in [6.07, 6.45) is 9.70. The van der Waals surface area contributed by atoms with E-state index in [0.717, 1.165) is 23.1 Å². The maximum absolute atomic E-state index is 12.7. The molecule has 1 saturated heterocycles. The van der Waals surface area contributed by atoms with Crippen LogP contribution in [0.3, 0.4) is 0 Å². The SMILES string of the molecule is CC(NC(=O)C1CC2CCCCC2N1)c1ccc(-c2ccncc2)cc1. The highest BCUT2D eigenvalue weighted by molar-refractivity contribution is 5.82. The normalized spacial score (nSPS) is 26.1. The summed E-state index contributed by atoms with van der Waals surface area (Å²) in [6.45, 7) is 2.06. The zero-order valence-corrected chi connectivity index (χ0v) is 15.3. The van der Waals surface area contributed by atoms with Gasteiger partial charge in [0.25, 0.3) is 0 Å². The number of fused-ring (bicyclic) bond motifs is 1. The minimum atomic E-state index is -0.0263. The lowest BCUT2D eigenvalue weighted by atomic mass is 9.85. The highest BCUT2D eigenvalue weighted by atomic mass is 16.2. The van der Waals surface area contributed by atoms with Crippen LogP contribution in [0.2, 0.25) is 0 Å². The van der Waals surface area contributed by atoms with Gasteiger partial charge in [0.15, 0.2) is 0 Å². The number of rotatable bonds is 4. The molecule has 4 rings (SSSR count). The Hall–Kier alpha value is -2.20. The van der Waals surface area contributed by atoms with Crippen molar-refractivity contribution in [2.45, 2.75) is 57.2 Å². The molecule has 2 aromatic rings. The molecule has 4 heteroatoms. The van der Waals surface area contributed by atoms with Crippen LogP contribution in [0.25, 0.3) is 11.1 Å². The number of nitrogens with zero attached hydrogens (tertiary/aromatic N) is 1. The van der Waals surface area contributed by atoms with Crippen molar-refractivity contribution < 1.29 is 4.79 Å². The Bertz CT molecular complexity index is 730. The summed E-state index contributed by atoms with van der Waals surface area (Å²) in [5.74, 6) is 0.833. The Kier molecular flexibility index (Phi) is 5.02. The van der Waals surface area contributed by atoms with Gasteiger partial charge in [-0.25, -0.2) is 0 Å². The lowest BCUT2D eigenvalue weighted by molar-refractivity contribution is -0.123. The summed E-state index contributed by atoms with van der Waals surface area (Å²) in [6, 6.07) is 13.0. The second kappa shape index (κ2) is 7.58. The third-order valence-electron chi connectivity index (χ3n) is 5.96. The molecule has 4 nitrogen and oxygen atoms in total. The molecule has 2 N–H and O–H groups in total. The van der Waals surface area contributed by atoms with Gasteiger partial charge in [0.2, 0.25) is 5.91 Å². The lowest BCUT2D eigenvalue weighted by Crippen LogP contribution is -2.43. The molecule has 1 aliphatic carbocycles. The molecule has 1 aromatic heterocycles. The first-order valence-corrected chi connectivity index (χ1v) is 9.77. The van der Waals surface area contributed by atoms with Crippen LogP contribution in [-0.2, 0) is 4.79 Å². The Morgan fingerprint density at radius 2 is 1.77 bits per heavy atom. The van der Waals surface area contributed by atoms with Crippen LogP contribution < -0.4 is 10.6 Å². The molecular formula is C22H27N3O. The van der Waals surface area contributed by atoms with Crippen molar-refractivity contribution in [3.63, 3.8) is 0 Å². The second-order valence-electron chi connectivity index (χ2n) is 7.69. The summed E-state index contributed by atoms with van der Waals surface area (Å²) in [7, 11) is 0. The van der Waals surface area contributed by atoms with E-state index < -0.39 is 0 Å². The maximum Gasteiger partial charge on any atom is 0.237 e. The summed E-state index contributed by atoms with van der Waals surface area (Å²) in [5, 5.41) is 6.76. The number of carbonyl (C=O) groups is 1. The minimum absolute atomic E-state index is 0.0124. The summed E-state index contributed by atoms with van der Waals surface area (Å²) >= 11 is 0. The van der Waals surface area contributed by atoms with Gasteiger partial charge in [-0.15, -0.1) is 0 Å². The molecule has 1 amide bonds. The smallest absolute Gasteiger partial charge is 0.237 e. The Morgan fingerprint density at radius 3 is 2.50 bits per heavy atom. The number of carbonyl (C=O) groups excluding carboxylic acids is 1. The van der Waals surface area contributed by atoms with Gasteiger partial charge in [0, 0.05) is 18.4 Å². The van der Waals surface area contributed by atoms with Crippen LogP contribution in [0, 0.1) is 5.92 Å². The van der Waals surface area contributed by atoms with Crippen molar-refractivity contribution in [1.29, 1.82) is 0 Å². The van der Waals surface area contributed by atoms with Gasteiger partial charge in [0.1, 0.15) is 0 Å². The number of benzene rings is 1. The first kappa shape index (κ1) is 17.2. The first-order valence-electron chi connectivity index (χ1n) is 9.77. The molecule has 4 unspecified atom stereocenters. The molecule has 1 aromatic carbocycles. The van der Waals surface area contributed by atoms with Gasteiger partial charge >= 0.3 is 0 Å². The Morgan fingerprint density at radius 1 is 1.08 bits per heavy atom. The fourth-order valence-corrected chi connectivity index (χ4v) is 4.43. The van der Waals surface area contributed by atoms with Crippen LogP contribution >= 0.6 is 0 Å². The number of aromatic nitrogens is 1. The zero-order valence-electron chi connectivity index (χ0n) is 15.3. The second-order valence-corrected chi connectivity index (χ2v) is 7.69. The maximum atomic E-state index is 12.7. The van der Waals surface area contributed by atoms with Gasteiger partial charge in [-0.2, -0.15) is 0 Å². The quantitative estimate of drug-likeness (QED) is 0.882. The predicted molar refractivity (Wildman–Crippen MR) is 104 cm³/mol. The molecule has 1 saturated carbocycles. The van der Waals surface area contributed by atoms with Gasteiger partial charge in [0.05, 0.1) is 12.1 Å². The molecule has 0 bridgehead atoms. The Balaban J connectivity index is 1.37. The molecule has 0 spiro atoms. The molecule has 26 heavy (non-hydrogen) atoms. The van der Waals surface area contributed by atoms with Crippen LogP contribution in [0.1, 0.15) is 50.6 Å². The van der Waals surface area contributed by atoms with Crippen molar-refractivity contribution in [2.75, 3.05) is 0 Å². The molecule has 1 aliphatic heterocycles. The largest absolute Gasteiger partial charge is 0.348 e. The fraction of sp³-hybridized carbons (Fsp3) is 0.455. The number of hydrogen-bond donors (Lipinski definition) is 2. The highest BCUT2D eigenvalue weighted by Crippen LogP contribution is 2.33. The van der Waals surface area contributed by atoms with E-state index in [0.29, 0.717) is 12.0 Å². The molecule has 4 atom stereocenters. The monoisotopic (exact) mass is 349 g/mol. The fourth-order valence-electron chi connectivity index (χ4n) is 4.43. The van der Waals surface area contributed by atoms with Gasteiger partial charge < -0.3 is 10.6 Å². The lowest BCUT2D eigenvalue weighted by Gasteiger charge is -2.24. The molecule has 2 fully saturated rings. The van der Waals surface area contributed by atoms with E-state index in [2.05, 4.69) is 46.8 Å². The average molecular weight is 349 g/mol. The van der Waals surface area contributed by atoms with E-state index in [4.69, 9.17) is 0 Å². The molecule has 2 aliphatic rings. The predicted octanol–water partition coefficient (Wildman–Crippen LogP) is 3.85. The van der Waals surface area contributed by atoms with Crippen molar-refractivity contribution in [2.24, 2.45) is 5.92 Å². The van der Waals surface area contributed by atoms with E-state index in [1.165, 1.54) is 25.7 Å². The summed E-state index contributed by atoms with van der Waals surface area (Å²) in [5.41, 5.74) is 3.45. The summed E-state index contributed by atoms with van der Waals surface area (Å²) in [4.78, 5) is 16.7. The van der Waals surface area contributed by atoms with Gasteiger partial charge in [-0.3, -0.25) is 9.78 Å². The van der Waals surface area contributed by atoms with Crippen LogP contribution in [0.5, 0.6) is 0 Å². The zero-order chi connectivity index (χ0) is 17.9. The molecule has 136 valence electrons. The Labute approximate surface area is 155 Å². The topological polar surface area (TPSA) is 54.0 Å². The first-order chi connectivity index (χ1) is 12.7. The summed E-state index contributed by atoms with van der Waals surface area (Å²) < 4.78 is 0. The number of hydrogen-bond acceptors (Lipinski definition) is 3. The molecular weight excluding hydrogens is 322 g/mol. The van der Waals surface area contributed by atoms with Crippen molar-refractivity contribution in [3.05, 3.63) is 54.4 Å². The van der Waals surface area contributed by atoms with Gasteiger partial charge in [-0.1, -0.05) is 37.1 Å². The van der Waals surface area contributed by atoms with Crippen molar-refractivity contribution in [1.82, 2.24) is 15.6 Å². The standard InChI is InChI=1S/C22H27N3O/c1-15(16-6-8-17(9-7-16)18-10-12-23-13-11-18)24-22(26)21-14-19-4-2-3-5-20(19)25-21/h6-13,15,19-21,25H,2-5,14H2,1H3,(H,24,26). The third kappa shape index (κ3) is 3.65. The van der Waals surface area contributed by atoms with E-state index >= 15 is 0 Å². The van der Waals surface area contributed by atoms with Crippen LogP contribution in [-0.4, -0.2) is 23.0 Å². The van der Waals surface area contributed by atoms with E-state index in [-0.39, 0.29) is 18.0 Å². The van der Waals surface area contributed by atoms with E-state index in [1.807, 2.05) is 12.1 Å². The number of nitrogens with one attached hydrogen (secondary N) is 2. The third-order valence-corrected chi connectivity index (χ3v) is 5.96. The van der Waals surface area contributed by atoms with Gasteiger partial charge in [-0.05, 0) is 60.9 Å². The van der Waals surface area contributed by atoms with Crippen LogP contribution in [0.4, 0.5) is 0 Å². The highest BCUT2D eigenvalue weighted by Gasteiger charge is 2.38. The van der Waals surface area contributed by atoms with E-state index in [1.54, 1.807) is 12.4 Å². The van der Waals surface area contributed by atoms with Crippen molar-refractivity contribution >= 4 is 5.91 Å². The molecule has 2 heterocycles. The van der Waals surface area contributed by atoms with Crippen LogP contribution in [0.15, 0.2) is 48.8 Å². The van der Waals surface area contributed by atoms with E-state index in [9.17, 15) is 4.79 Å². The average Bonchev–Trinajstić information content (AvgIpc) is 3.13.